The van der Waals surface area contributed by atoms with E-state index in [0.717, 1.165) is 16.7 Å². The van der Waals surface area contributed by atoms with E-state index in [1.807, 2.05) is 32.0 Å². The first kappa shape index (κ1) is 14.8. The average Bonchev–Trinajstić information content (AvgIpc) is 2.44. The summed E-state index contributed by atoms with van der Waals surface area (Å²) in [6.45, 7) is 4.22. The van der Waals surface area contributed by atoms with Crippen LogP contribution in [-0.4, -0.2) is 17.4 Å². The minimum atomic E-state index is -0.182. The molecule has 2 aromatic rings. The van der Waals surface area contributed by atoms with Gasteiger partial charge in [-0.3, -0.25) is 4.79 Å². The Morgan fingerprint density at radius 3 is 2.62 bits per heavy atom. The predicted molar refractivity (Wildman–Crippen MR) is 84.0 cm³/mol. The van der Waals surface area contributed by atoms with E-state index in [-0.39, 0.29) is 5.91 Å². The van der Waals surface area contributed by atoms with Crippen molar-refractivity contribution < 1.29 is 4.79 Å². The SMILES string of the molecule is Cc1cc(C)cc(C(=O)Nc2cc(C#CCN)ccn2)c1. The zero-order chi connectivity index (χ0) is 15.2. The van der Waals surface area contributed by atoms with Gasteiger partial charge in [0.2, 0.25) is 0 Å². The molecule has 4 nitrogen and oxygen atoms in total. The fourth-order valence-corrected chi connectivity index (χ4v) is 2.02. The minimum Gasteiger partial charge on any atom is -0.320 e. The van der Waals surface area contributed by atoms with Crippen molar-refractivity contribution in [2.45, 2.75) is 13.8 Å². The molecule has 106 valence electrons. The Kier molecular flexibility index (Phi) is 4.70. The van der Waals surface area contributed by atoms with Crippen LogP contribution < -0.4 is 11.1 Å². The maximum atomic E-state index is 12.2. The molecule has 2 rings (SSSR count). The van der Waals surface area contributed by atoms with Crippen LogP contribution in [0.25, 0.3) is 0 Å². The Hall–Kier alpha value is -2.64. The van der Waals surface area contributed by atoms with Crippen molar-refractivity contribution in [2.75, 3.05) is 11.9 Å². The summed E-state index contributed by atoms with van der Waals surface area (Å²) in [5.74, 6) is 5.97. The molecule has 0 spiro atoms. The number of carbonyl (C=O) groups excluding carboxylic acids is 1. The van der Waals surface area contributed by atoms with Gasteiger partial charge in [0.05, 0.1) is 6.54 Å². The Balaban J connectivity index is 2.19. The second-order valence-corrected chi connectivity index (χ2v) is 4.77. The van der Waals surface area contributed by atoms with Gasteiger partial charge in [-0.15, -0.1) is 0 Å². The molecule has 0 atom stereocenters. The first-order valence-electron chi connectivity index (χ1n) is 6.63. The van der Waals surface area contributed by atoms with Crippen molar-refractivity contribution in [3.8, 4) is 11.8 Å². The van der Waals surface area contributed by atoms with Crippen LogP contribution in [0.5, 0.6) is 0 Å². The number of rotatable bonds is 2. The third-order valence-corrected chi connectivity index (χ3v) is 2.82. The molecule has 4 heteroatoms. The van der Waals surface area contributed by atoms with E-state index in [0.29, 0.717) is 17.9 Å². The van der Waals surface area contributed by atoms with Crippen LogP contribution in [0.15, 0.2) is 36.5 Å². The van der Waals surface area contributed by atoms with Crippen molar-refractivity contribution in [3.63, 3.8) is 0 Å². The van der Waals surface area contributed by atoms with Crippen LogP contribution in [0.2, 0.25) is 0 Å². The second-order valence-electron chi connectivity index (χ2n) is 4.77. The lowest BCUT2D eigenvalue weighted by Crippen LogP contribution is -2.13. The lowest BCUT2D eigenvalue weighted by molar-refractivity contribution is 0.102. The molecule has 0 radical (unpaired) electrons. The van der Waals surface area contributed by atoms with Crippen LogP contribution in [0, 0.1) is 25.7 Å². The zero-order valence-corrected chi connectivity index (χ0v) is 12.1. The summed E-state index contributed by atoms with van der Waals surface area (Å²) in [5.41, 5.74) is 8.83. The van der Waals surface area contributed by atoms with Gasteiger partial charge in [-0.25, -0.2) is 4.98 Å². The monoisotopic (exact) mass is 279 g/mol. The summed E-state index contributed by atoms with van der Waals surface area (Å²) in [6, 6.07) is 9.22. The number of benzene rings is 1. The van der Waals surface area contributed by atoms with Gasteiger partial charge in [0.15, 0.2) is 0 Å². The molecule has 21 heavy (non-hydrogen) atoms. The van der Waals surface area contributed by atoms with E-state index in [2.05, 4.69) is 22.1 Å². The van der Waals surface area contributed by atoms with Gasteiger partial charge in [0.25, 0.3) is 5.91 Å². The quantitative estimate of drug-likeness (QED) is 0.829. The maximum absolute atomic E-state index is 12.2. The topological polar surface area (TPSA) is 68.0 Å². The Labute approximate surface area is 124 Å². The molecule has 1 heterocycles. The summed E-state index contributed by atoms with van der Waals surface area (Å²) >= 11 is 0. The van der Waals surface area contributed by atoms with Crippen molar-refractivity contribution in [1.29, 1.82) is 0 Å². The molecule has 0 saturated heterocycles. The van der Waals surface area contributed by atoms with Gasteiger partial charge in [-0.05, 0) is 38.1 Å². The summed E-state index contributed by atoms with van der Waals surface area (Å²) in [7, 11) is 0. The van der Waals surface area contributed by atoms with Gasteiger partial charge in [0, 0.05) is 17.3 Å². The van der Waals surface area contributed by atoms with Gasteiger partial charge in [-0.1, -0.05) is 29.0 Å². The van der Waals surface area contributed by atoms with Crippen molar-refractivity contribution in [1.82, 2.24) is 4.98 Å². The summed E-state index contributed by atoms with van der Waals surface area (Å²) in [6.07, 6.45) is 1.61. The van der Waals surface area contributed by atoms with Crippen LogP contribution >= 0.6 is 0 Å². The number of nitrogens with two attached hydrogens (primary N) is 1. The lowest BCUT2D eigenvalue weighted by Gasteiger charge is -2.06. The van der Waals surface area contributed by atoms with E-state index in [1.165, 1.54) is 0 Å². The number of pyridine rings is 1. The summed E-state index contributed by atoms with van der Waals surface area (Å²) in [4.78, 5) is 16.4. The van der Waals surface area contributed by atoms with Crippen LogP contribution in [-0.2, 0) is 0 Å². The van der Waals surface area contributed by atoms with E-state index < -0.39 is 0 Å². The highest BCUT2D eigenvalue weighted by Crippen LogP contribution is 2.12. The van der Waals surface area contributed by atoms with Gasteiger partial charge < -0.3 is 11.1 Å². The van der Waals surface area contributed by atoms with E-state index in [1.54, 1.807) is 18.3 Å². The highest BCUT2D eigenvalue weighted by Gasteiger charge is 2.08. The second kappa shape index (κ2) is 6.69. The molecule has 0 saturated carbocycles. The minimum absolute atomic E-state index is 0.182. The standard InChI is InChI=1S/C17H17N3O/c1-12-8-13(2)10-15(9-12)17(21)20-16-11-14(4-3-6-18)5-7-19-16/h5,7-11H,6,18H2,1-2H3,(H,19,20,21). The fourth-order valence-electron chi connectivity index (χ4n) is 2.02. The number of carbonyl (C=O) groups is 1. The molecular formula is C17H17N3O. The van der Waals surface area contributed by atoms with Crippen LogP contribution in [0.3, 0.4) is 0 Å². The largest absolute Gasteiger partial charge is 0.320 e. The maximum Gasteiger partial charge on any atom is 0.256 e. The van der Waals surface area contributed by atoms with Gasteiger partial charge in [0.1, 0.15) is 5.82 Å². The zero-order valence-electron chi connectivity index (χ0n) is 12.1. The smallest absolute Gasteiger partial charge is 0.256 e. The molecule has 1 aromatic heterocycles. The Morgan fingerprint density at radius 1 is 1.24 bits per heavy atom. The number of hydrogen-bond acceptors (Lipinski definition) is 3. The Bertz CT molecular complexity index is 706. The molecular weight excluding hydrogens is 262 g/mol. The van der Waals surface area contributed by atoms with Crippen molar-refractivity contribution >= 4 is 11.7 Å². The average molecular weight is 279 g/mol. The van der Waals surface area contributed by atoms with E-state index in [4.69, 9.17) is 5.73 Å². The lowest BCUT2D eigenvalue weighted by atomic mass is 10.1. The van der Waals surface area contributed by atoms with Crippen LogP contribution in [0.1, 0.15) is 27.0 Å². The number of aromatic nitrogens is 1. The molecule has 0 bridgehead atoms. The molecule has 0 fully saturated rings. The number of anilines is 1. The summed E-state index contributed by atoms with van der Waals surface area (Å²) < 4.78 is 0. The molecule has 3 N–H and O–H groups in total. The number of nitrogens with one attached hydrogen (secondary N) is 1. The number of aryl methyl sites for hydroxylation is 2. The fraction of sp³-hybridized carbons (Fsp3) is 0.176. The van der Waals surface area contributed by atoms with Gasteiger partial charge in [-0.2, -0.15) is 0 Å². The van der Waals surface area contributed by atoms with Crippen LogP contribution in [0.4, 0.5) is 5.82 Å². The molecule has 0 aliphatic carbocycles. The first-order valence-corrected chi connectivity index (χ1v) is 6.63. The number of hydrogen-bond donors (Lipinski definition) is 2. The molecule has 0 unspecified atom stereocenters. The molecule has 0 aliphatic heterocycles. The predicted octanol–water partition coefficient (Wildman–Crippen LogP) is 2.26. The van der Waals surface area contributed by atoms with E-state index >= 15 is 0 Å². The molecule has 1 aromatic carbocycles. The van der Waals surface area contributed by atoms with Crippen molar-refractivity contribution in [2.24, 2.45) is 5.73 Å². The third kappa shape index (κ3) is 4.16. The normalized spacial score (nSPS) is 9.67. The van der Waals surface area contributed by atoms with Gasteiger partial charge >= 0.3 is 0 Å². The first-order chi connectivity index (χ1) is 10.1. The Morgan fingerprint density at radius 2 is 1.95 bits per heavy atom. The number of amides is 1. The third-order valence-electron chi connectivity index (χ3n) is 2.82. The molecule has 1 amide bonds. The summed E-state index contributed by atoms with van der Waals surface area (Å²) in [5, 5.41) is 2.78. The number of nitrogens with zero attached hydrogens (tertiary/aromatic N) is 1. The molecule has 0 aliphatic rings. The highest BCUT2D eigenvalue weighted by atomic mass is 16.1. The van der Waals surface area contributed by atoms with Crippen molar-refractivity contribution in [3.05, 3.63) is 58.8 Å². The van der Waals surface area contributed by atoms with E-state index in [9.17, 15) is 4.79 Å². The highest BCUT2D eigenvalue weighted by molar-refractivity contribution is 6.04.